The summed E-state index contributed by atoms with van der Waals surface area (Å²) in [7, 11) is 4.41. The number of hydrogen-bond acceptors (Lipinski definition) is 1. The van der Waals surface area contributed by atoms with Crippen molar-refractivity contribution in [3.05, 3.63) is 59.7 Å². The number of hydrogen-bond donors (Lipinski definition) is 0. The highest BCUT2D eigenvalue weighted by atomic mass is 32.2. The van der Waals surface area contributed by atoms with Crippen molar-refractivity contribution in [2.45, 2.75) is 22.6 Å². The standard InChI is InChI=1S/C18H21NS/c1-19(2)12-7-13-20-17-10-5-3-8-15(17)14-16-9-4-6-11-18(16)20/h3-6,8-11,13H,7,12,14H2,1-2H3. The minimum atomic E-state index is 0.137. The molecule has 2 heteroatoms. The van der Waals surface area contributed by atoms with Gasteiger partial charge >= 0.3 is 0 Å². The Hall–Kier alpha value is -1.38. The number of benzene rings is 2. The van der Waals surface area contributed by atoms with Gasteiger partial charge in [-0.15, -0.1) is 10.5 Å². The van der Waals surface area contributed by atoms with Crippen LogP contribution >= 0.6 is 10.5 Å². The zero-order valence-electron chi connectivity index (χ0n) is 12.2. The van der Waals surface area contributed by atoms with E-state index in [-0.39, 0.29) is 10.5 Å². The van der Waals surface area contributed by atoms with Crippen LogP contribution in [0.1, 0.15) is 17.5 Å². The van der Waals surface area contributed by atoms with Crippen LogP contribution in [0, 0.1) is 0 Å². The molecule has 1 aliphatic heterocycles. The molecule has 3 rings (SSSR count). The molecule has 1 heterocycles. The molecule has 0 aliphatic carbocycles. The van der Waals surface area contributed by atoms with Gasteiger partial charge in [0.2, 0.25) is 0 Å². The van der Waals surface area contributed by atoms with E-state index in [1.165, 1.54) is 20.9 Å². The first-order chi connectivity index (χ1) is 9.75. The van der Waals surface area contributed by atoms with Crippen LogP contribution in [0.4, 0.5) is 0 Å². The van der Waals surface area contributed by atoms with Gasteiger partial charge in [0, 0.05) is 16.3 Å². The van der Waals surface area contributed by atoms with Gasteiger partial charge < -0.3 is 4.90 Å². The van der Waals surface area contributed by atoms with E-state index in [0.29, 0.717) is 0 Å². The molecular weight excluding hydrogens is 262 g/mol. The van der Waals surface area contributed by atoms with Crippen LogP contribution in [-0.4, -0.2) is 30.9 Å². The van der Waals surface area contributed by atoms with Gasteiger partial charge in [-0.25, -0.2) is 0 Å². The minimum Gasteiger partial charge on any atom is -0.309 e. The predicted octanol–water partition coefficient (Wildman–Crippen LogP) is 4.03. The molecule has 0 spiro atoms. The number of rotatable bonds is 3. The average molecular weight is 283 g/mol. The molecule has 104 valence electrons. The monoisotopic (exact) mass is 283 g/mol. The third-order valence-electron chi connectivity index (χ3n) is 3.66. The van der Waals surface area contributed by atoms with Gasteiger partial charge in [0.25, 0.3) is 0 Å². The van der Waals surface area contributed by atoms with E-state index in [0.717, 1.165) is 19.4 Å². The first-order valence-electron chi connectivity index (χ1n) is 7.12. The lowest BCUT2D eigenvalue weighted by Crippen LogP contribution is -2.13. The quantitative estimate of drug-likeness (QED) is 0.656. The van der Waals surface area contributed by atoms with Crippen molar-refractivity contribution in [3.8, 4) is 0 Å². The minimum absolute atomic E-state index is 0.137. The summed E-state index contributed by atoms with van der Waals surface area (Å²) >= 11 is 0. The van der Waals surface area contributed by atoms with Crippen molar-refractivity contribution in [2.24, 2.45) is 0 Å². The summed E-state index contributed by atoms with van der Waals surface area (Å²) in [6.07, 6.45) is 2.22. The molecule has 0 radical (unpaired) electrons. The Balaban J connectivity index is 2.03. The van der Waals surface area contributed by atoms with Crippen molar-refractivity contribution < 1.29 is 0 Å². The number of nitrogens with zero attached hydrogens (tertiary/aromatic N) is 1. The van der Waals surface area contributed by atoms with E-state index in [1.807, 2.05) is 0 Å². The van der Waals surface area contributed by atoms with E-state index in [4.69, 9.17) is 0 Å². The van der Waals surface area contributed by atoms with E-state index in [1.54, 1.807) is 0 Å². The maximum atomic E-state index is 2.51. The maximum absolute atomic E-state index is 2.51. The molecule has 2 aromatic carbocycles. The Morgan fingerprint density at radius 1 is 0.950 bits per heavy atom. The van der Waals surface area contributed by atoms with Gasteiger partial charge in [-0.05, 0) is 50.2 Å². The largest absolute Gasteiger partial charge is 0.309 e. The fraction of sp³-hybridized carbons (Fsp3) is 0.278. The van der Waals surface area contributed by atoms with E-state index in [9.17, 15) is 0 Å². The highest BCUT2D eigenvalue weighted by Gasteiger charge is 2.17. The summed E-state index contributed by atoms with van der Waals surface area (Å²) < 4.78 is 0. The van der Waals surface area contributed by atoms with Crippen molar-refractivity contribution >= 4 is 15.9 Å². The molecule has 0 saturated carbocycles. The molecule has 20 heavy (non-hydrogen) atoms. The molecule has 0 amide bonds. The Labute approximate surface area is 124 Å². The van der Waals surface area contributed by atoms with Gasteiger partial charge in [-0.2, -0.15) is 0 Å². The van der Waals surface area contributed by atoms with E-state index < -0.39 is 0 Å². The van der Waals surface area contributed by atoms with Crippen LogP contribution in [0.15, 0.2) is 58.3 Å². The van der Waals surface area contributed by atoms with Crippen LogP contribution in [0.3, 0.4) is 0 Å². The van der Waals surface area contributed by atoms with Gasteiger partial charge in [0.1, 0.15) is 0 Å². The molecule has 1 aliphatic rings. The fourth-order valence-corrected chi connectivity index (χ4v) is 4.89. The van der Waals surface area contributed by atoms with Gasteiger partial charge in [0.15, 0.2) is 0 Å². The summed E-state index contributed by atoms with van der Waals surface area (Å²) in [5.41, 5.74) is 2.99. The van der Waals surface area contributed by atoms with Gasteiger partial charge in [-0.1, -0.05) is 41.8 Å². The Kier molecular flexibility index (Phi) is 4.04. The van der Waals surface area contributed by atoms with Crippen molar-refractivity contribution in [1.29, 1.82) is 0 Å². The second-order valence-electron chi connectivity index (χ2n) is 5.49. The van der Waals surface area contributed by atoms with Gasteiger partial charge in [0.05, 0.1) is 0 Å². The smallest absolute Gasteiger partial charge is 0.00945 e. The first kappa shape index (κ1) is 13.6. The maximum Gasteiger partial charge on any atom is 0.00945 e. The van der Waals surface area contributed by atoms with E-state index in [2.05, 4.69) is 72.9 Å². The highest BCUT2D eigenvalue weighted by molar-refractivity contribution is 8.15. The molecule has 1 nitrogen and oxygen atoms in total. The third-order valence-corrected chi connectivity index (χ3v) is 5.97. The summed E-state index contributed by atoms with van der Waals surface area (Å²) in [5, 5.41) is 2.51. The zero-order valence-corrected chi connectivity index (χ0v) is 13.0. The molecule has 0 aromatic heterocycles. The molecule has 0 saturated heterocycles. The first-order valence-corrected chi connectivity index (χ1v) is 8.41. The van der Waals surface area contributed by atoms with Crippen LogP contribution < -0.4 is 0 Å². The molecular formula is C18H21NS. The molecule has 0 unspecified atom stereocenters. The third kappa shape index (κ3) is 2.72. The average Bonchev–Trinajstić information content (AvgIpc) is 2.46. The zero-order chi connectivity index (χ0) is 13.9. The fourth-order valence-electron chi connectivity index (χ4n) is 2.66. The van der Waals surface area contributed by atoms with Gasteiger partial charge in [-0.3, -0.25) is 0 Å². The second kappa shape index (κ2) is 5.94. The van der Waals surface area contributed by atoms with Crippen LogP contribution in [0.5, 0.6) is 0 Å². The number of fused-ring (bicyclic) bond motifs is 2. The molecule has 0 N–H and O–H groups in total. The second-order valence-corrected chi connectivity index (χ2v) is 7.38. The van der Waals surface area contributed by atoms with Crippen molar-refractivity contribution in [3.63, 3.8) is 0 Å². The predicted molar refractivity (Wildman–Crippen MR) is 89.0 cm³/mol. The van der Waals surface area contributed by atoms with Crippen LogP contribution in [0.2, 0.25) is 0 Å². The molecule has 0 fully saturated rings. The Morgan fingerprint density at radius 2 is 1.50 bits per heavy atom. The van der Waals surface area contributed by atoms with Crippen molar-refractivity contribution in [1.82, 2.24) is 4.90 Å². The molecule has 0 bridgehead atoms. The summed E-state index contributed by atoms with van der Waals surface area (Å²) in [6.45, 7) is 1.12. The Bertz CT molecular complexity index is 596. The Morgan fingerprint density at radius 3 is 2.05 bits per heavy atom. The molecule has 2 aromatic rings. The molecule has 0 atom stereocenters. The lowest BCUT2D eigenvalue weighted by molar-refractivity contribution is 0.424. The summed E-state index contributed by atoms with van der Waals surface area (Å²) in [5.74, 6) is 0. The normalized spacial score (nSPS) is 13.9. The lowest BCUT2D eigenvalue weighted by atomic mass is 10.0. The lowest BCUT2D eigenvalue weighted by Gasteiger charge is -2.24. The van der Waals surface area contributed by atoms with E-state index >= 15 is 0 Å². The SMILES string of the molecule is CN(C)CCC=S1c2ccccc2Cc2ccccc21. The van der Waals surface area contributed by atoms with Crippen molar-refractivity contribution in [2.75, 3.05) is 20.6 Å². The topological polar surface area (TPSA) is 3.24 Å². The van der Waals surface area contributed by atoms with Crippen LogP contribution in [-0.2, 0) is 6.42 Å². The van der Waals surface area contributed by atoms with Crippen LogP contribution in [0.25, 0.3) is 0 Å². The summed E-state index contributed by atoms with van der Waals surface area (Å²) in [6, 6.07) is 17.8. The highest BCUT2D eigenvalue weighted by Crippen LogP contribution is 2.44. The summed E-state index contributed by atoms with van der Waals surface area (Å²) in [4.78, 5) is 5.29.